The van der Waals surface area contributed by atoms with E-state index in [4.69, 9.17) is 4.98 Å². The minimum Gasteiger partial charge on any atom is -0.337 e. The zero-order chi connectivity index (χ0) is 26.2. The monoisotopic (exact) mass is 527 g/mol. The summed E-state index contributed by atoms with van der Waals surface area (Å²) in [5.74, 6) is 0.740. The predicted molar refractivity (Wildman–Crippen MR) is 157 cm³/mol. The van der Waals surface area contributed by atoms with Gasteiger partial charge in [0.05, 0.1) is 16.4 Å². The summed E-state index contributed by atoms with van der Waals surface area (Å²) in [5, 5.41) is 12.0. The number of benzene rings is 2. The van der Waals surface area contributed by atoms with Crippen LogP contribution >= 0.6 is 11.3 Å². The number of para-hydroxylation sites is 1. The number of rotatable bonds is 7. The number of aromatic amines is 2. The topological polar surface area (TPSA) is 95.2 Å². The van der Waals surface area contributed by atoms with Crippen LogP contribution in [-0.2, 0) is 13.1 Å². The van der Waals surface area contributed by atoms with E-state index in [0.717, 1.165) is 63.3 Å². The molecule has 0 bridgehead atoms. The number of nitrogens with zero attached hydrogens (tertiary/aromatic N) is 4. The molecule has 0 aliphatic heterocycles. The minimum absolute atomic E-state index is 0.650. The Bertz CT molecular complexity index is 1920. The summed E-state index contributed by atoms with van der Waals surface area (Å²) in [6, 6.07) is 25.2. The summed E-state index contributed by atoms with van der Waals surface area (Å²) in [4.78, 5) is 20.1. The molecule has 0 unspecified atom stereocenters. The smallest absolute Gasteiger partial charge is 0.181 e. The van der Waals surface area contributed by atoms with Crippen molar-refractivity contribution in [1.82, 2.24) is 35.5 Å². The molecular weight excluding hydrogens is 502 g/mol. The third-order valence-electron chi connectivity index (χ3n) is 6.79. The number of fused-ring (bicyclic) bond motifs is 2. The minimum atomic E-state index is 0.650. The Morgan fingerprint density at radius 2 is 1.72 bits per heavy atom. The van der Waals surface area contributed by atoms with Gasteiger partial charge in [-0.05, 0) is 48.4 Å². The molecule has 0 fully saturated rings. The van der Waals surface area contributed by atoms with Crippen molar-refractivity contribution in [2.45, 2.75) is 20.0 Å². The average Bonchev–Trinajstić information content (AvgIpc) is 3.71. The van der Waals surface area contributed by atoms with Crippen LogP contribution in [0.1, 0.15) is 16.0 Å². The Labute approximate surface area is 229 Å². The maximum atomic E-state index is 5.00. The number of imidazole rings is 1. The largest absolute Gasteiger partial charge is 0.337 e. The van der Waals surface area contributed by atoms with E-state index in [9.17, 15) is 0 Å². The van der Waals surface area contributed by atoms with E-state index in [0.29, 0.717) is 5.65 Å². The number of hydrogen-bond donors (Lipinski definition) is 3. The SMILES string of the molecule is Cc1ccc(-c2cccc3[nH]c(-c4[nH]nc5ncc(-c6cncc(CNCc7ccccc7)c6)cc45)nc23)s1. The summed E-state index contributed by atoms with van der Waals surface area (Å²) < 4.78 is 0. The van der Waals surface area contributed by atoms with Crippen LogP contribution in [0.25, 0.3) is 55.2 Å². The van der Waals surface area contributed by atoms with Crippen molar-refractivity contribution >= 4 is 33.4 Å². The zero-order valence-electron chi connectivity index (χ0n) is 21.3. The molecule has 7 rings (SSSR count). The third kappa shape index (κ3) is 4.60. The van der Waals surface area contributed by atoms with Crippen LogP contribution in [0.4, 0.5) is 0 Å². The van der Waals surface area contributed by atoms with Crippen molar-refractivity contribution < 1.29 is 0 Å². The summed E-state index contributed by atoms with van der Waals surface area (Å²) in [6.07, 6.45) is 5.62. The highest BCUT2D eigenvalue weighted by atomic mass is 32.1. The van der Waals surface area contributed by atoms with Gasteiger partial charge in [-0.2, -0.15) is 5.10 Å². The standard InChI is InChI=1S/C31H25N7S/c1-19-10-11-27(39-19)24-8-5-9-26-28(24)36-31(35-26)29-25-13-23(18-34-30(25)38-37-29)22-12-21(16-33-17-22)15-32-14-20-6-3-2-4-7-20/h2-13,16-18,32H,14-15H2,1H3,(H,35,36)(H,34,37,38). The number of H-pyrrole nitrogens is 2. The highest BCUT2D eigenvalue weighted by molar-refractivity contribution is 7.15. The lowest BCUT2D eigenvalue weighted by Crippen LogP contribution is -2.12. The van der Waals surface area contributed by atoms with Gasteiger partial charge in [0.1, 0.15) is 5.69 Å². The maximum Gasteiger partial charge on any atom is 0.181 e. The van der Waals surface area contributed by atoms with E-state index in [1.165, 1.54) is 15.3 Å². The van der Waals surface area contributed by atoms with Crippen LogP contribution in [0.2, 0.25) is 0 Å². The van der Waals surface area contributed by atoms with Gasteiger partial charge < -0.3 is 10.3 Å². The highest BCUT2D eigenvalue weighted by Gasteiger charge is 2.16. The molecule has 5 aromatic heterocycles. The fourth-order valence-corrected chi connectivity index (χ4v) is 5.75. The second-order valence-electron chi connectivity index (χ2n) is 9.56. The summed E-state index contributed by atoms with van der Waals surface area (Å²) in [5.41, 5.74) is 8.89. The number of aryl methyl sites for hydroxylation is 1. The Morgan fingerprint density at radius 3 is 2.59 bits per heavy atom. The Kier molecular flexibility index (Phi) is 5.96. The van der Waals surface area contributed by atoms with E-state index in [1.54, 1.807) is 11.3 Å². The maximum absolute atomic E-state index is 5.00. The van der Waals surface area contributed by atoms with E-state index in [1.807, 2.05) is 24.7 Å². The lowest BCUT2D eigenvalue weighted by atomic mass is 10.1. The normalized spacial score (nSPS) is 11.5. The molecule has 39 heavy (non-hydrogen) atoms. The fourth-order valence-electron chi connectivity index (χ4n) is 4.86. The van der Waals surface area contributed by atoms with Gasteiger partial charge in [0, 0.05) is 58.1 Å². The molecule has 7 aromatic rings. The van der Waals surface area contributed by atoms with Crippen molar-refractivity contribution in [3.05, 3.63) is 107 Å². The van der Waals surface area contributed by atoms with Crippen LogP contribution in [-0.4, -0.2) is 30.1 Å². The van der Waals surface area contributed by atoms with E-state index >= 15 is 0 Å². The van der Waals surface area contributed by atoms with Gasteiger partial charge in [-0.15, -0.1) is 11.3 Å². The van der Waals surface area contributed by atoms with Gasteiger partial charge in [0.25, 0.3) is 0 Å². The van der Waals surface area contributed by atoms with Crippen molar-refractivity contribution in [1.29, 1.82) is 0 Å². The van der Waals surface area contributed by atoms with Crippen LogP contribution in [0.3, 0.4) is 0 Å². The lowest BCUT2D eigenvalue weighted by molar-refractivity contribution is 0.691. The van der Waals surface area contributed by atoms with Gasteiger partial charge in [-0.3, -0.25) is 10.1 Å². The molecule has 8 heteroatoms. The molecule has 0 aliphatic carbocycles. The molecule has 190 valence electrons. The van der Waals surface area contributed by atoms with Gasteiger partial charge in [0.2, 0.25) is 0 Å². The van der Waals surface area contributed by atoms with Gasteiger partial charge in [0.15, 0.2) is 11.5 Å². The molecule has 2 aromatic carbocycles. The number of aromatic nitrogens is 6. The van der Waals surface area contributed by atoms with Crippen LogP contribution in [0, 0.1) is 6.92 Å². The summed E-state index contributed by atoms with van der Waals surface area (Å²) in [7, 11) is 0. The first-order valence-electron chi connectivity index (χ1n) is 12.8. The fraction of sp³-hybridized carbons (Fsp3) is 0.0968. The first-order chi connectivity index (χ1) is 19.2. The zero-order valence-corrected chi connectivity index (χ0v) is 22.1. The molecule has 0 aliphatic rings. The van der Waals surface area contributed by atoms with Crippen LogP contribution < -0.4 is 5.32 Å². The molecule has 0 saturated heterocycles. The summed E-state index contributed by atoms with van der Waals surface area (Å²) in [6.45, 7) is 3.66. The van der Waals surface area contributed by atoms with Gasteiger partial charge in [-0.25, -0.2) is 9.97 Å². The molecule has 3 N–H and O–H groups in total. The van der Waals surface area contributed by atoms with Crippen molar-refractivity contribution in [3.63, 3.8) is 0 Å². The molecule has 0 radical (unpaired) electrons. The lowest BCUT2D eigenvalue weighted by Gasteiger charge is -2.07. The molecule has 0 saturated carbocycles. The second kappa shape index (κ2) is 9.90. The molecular formula is C31H25N7S. The molecule has 0 atom stereocenters. The summed E-state index contributed by atoms with van der Waals surface area (Å²) >= 11 is 1.77. The Hall–Kier alpha value is -4.66. The number of thiophene rings is 1. The number of nitrogens with one attached hydrogen (secondary N) is 3. The van der Waals surface area contributed by atoms with E-state index < -0.39 is 0 Å². The first kappa shape index (κ1) is 23.5. The Morgan fingerprint density at radius 1 is 0.846 bits per heavy atom. The Balaban J connectivity index is 1.20. The first-order valence-corrected chi connectivity index (χ1v) is 13.6. The van der Waals surface area contributed by atoms with E-state index in [-0.39, 0.29) is 0 Å². The second-order valence-corrected chi connectivity index (χ2v) is 10.9. The van der Waals surface area contributed by atoms with Crippen molar-refractivity contribution in [3.8, 4) is 33.1 Å². The van der Waals surface area contributed by atoms with Gasteiger partial charge in [-0.1, -0.05) is 42.5 Å². The van der Waals surface area contributed by atoms with Crippen molar-refractivity contribution in [2.24, 2.45) is 0 Å². The number of pyridine rings is 2. The van der Waals surface area contributed by atoms with Crippen molar-refractivity contribution in [2.75, 3.05) is 0 Å². The predicted octanol–water partition coefficient (Wildman–Crippen LogP) is 6.89. The van der Waals surface area contributed by atoms with Gasteiger partial charge >= 0.3 is 0 Å². The quantitative estimate of drug-likeness (QED) is 0.210. The van der Waals surface area contributed by atoms with E-state index in [2.05, 4.69) is 104 Å². The molecule has 0 spiro atoms. The molecule has 7 nitrogen and oxygen atoms in total. The van der Waals surface area contributed by atoms with Crippen LogP contribution in [0.15, 0.2) is 91.4 Å². The molecule has 5 heterocycles. The average molecular weight is 528 g/mol. The van der Waals surface area contributed by atoms with Crippen LogP contribution in [0.5, 0.6) is 0 Å². The molecule has 0 amide bonds. The third-order valence-corrected chi connectivity index (χ3v) is 7.83. The number of hydrogen-bond acceptors (Lipinski definition) is 6. The highest BCUT2D eigenvalue weighted by Crippen LogP contribution is 2.35.